The molecule has 4 nitrogen and oxygen atoms in total. The second kappa shape index (κ2) is 7.00. The van der Waals surface area contributed by atoms with E-state index in [1.807, 2.05) is 6.07 Å². The molecule has 0 amide bonds. The van der Waals surface area contributed by atoms with E-state index in [9.17, 15) is 13.6 Å². The van der Waals surface area contributed by atoms with Crippen LogP contribution >= 0.6 is 11.6 Å². The maximum atomic E-state index is 12.7. The summed E-state index contributed by atoms with van der Waals surface area (Å²) in [4.78, 5) is 15.0. The number of carbonyl (C=O) groups is 1. The van der Waals surface area contributed by atoms with Gasteiger partial charge in [0.05, 0.1) is 30.2 Å². The van der Waals surface area contributed by atoms with Crippen molar-refractivity contribution in [3.8, 4) is 6.07 Å². The Labute approximate surface area is 114 Å². The highest BCUT2D eigenvalue weighted by Crippen LogP contribution is 2.23. The van der Waals surface area contributed by atoms with Crippen LogP contribution in [-0.2, 0) is 21.8 Å². The first-order chi connectivity index (χ1) is 9.03. The molecule has 19 heavy (non-hydrogen) atoms. The van der Waals surface area contributed by atoms with Gasteiger partial charge in [-0.2, -0.15) is 5.26 Å². The first-order valence-electron chi connectivity index (χ1n) is 5.46. The number of nitriles is 1. The molecule has 102 valence electrons. The number of nitrogens with zero attached hydrogens (tertiary/aromatic N) is 2. The summed E-state index contributed by atoms with van der Waals surface area (Å²) in [5.74, 6) is -0.773. The molecule has 0 saturated carbocycles. The summed E-state index contributed by atoms with van der Waals surface area (Å²) in [6.07, 6.45) is -3.06. The Morgan fingerprint density at radius 2 is 2.32 bits per heavy atom. The van der Waals surface area contributed by atoms with Crippen molar-refractivity contribution in [2.45, 2.75) is 25.7 Å². The monoisotopic (exact) mass is 288 g/mol. The lowest BCUT2D eigenvalue weighted by Crippen LogP contribution is -2.11. The van der Waals surface area contributed by atoms with E-state index in [-0.39, 0.29) is 35.7 Å². The molecular weight excluding hydrogens is 278 g/mol. The third kappa shape index (κ3) is 3.86. The molecule has 1 rings (SSSR count). The summed E-state index contributed by atoms with van der Waals surface area (Å²) in [5, 5.41) is 9.01. The molecule has 1 heterocycles. The Morgan fingerprint density at radius 1 is 1.63 bits per heavy atom. The van der Waals surface area contributed by atoms with Gasteiger partial charge in [0.25, 0.3) is 6.43 Å². The molecule has 0 fully saturated rings. The summed E-state index contributed by atoms with van der Waals surface area (Å²) >= 11 is 5.58. The minimum Gasteiger partial charge on any atom is -0.466 e. The molecule has 0 bridgehead atoms. The fourth-order valence-corrected chi connectivity index (χ4v) is 1.73. The molecular formula is C12H11ClF2N2O2. The molecule has 0 saturated heterocycles. The van der Waals surface area contributed by atoms with Gasteiger partial charge in [-0.1, -0.05) is 0 Å². The number of esters is 1. The molecule has 0 aliphatic carbocycles. The number of aromatic nitrogens is 1. The van der Waals surface area contributed by atoms with E-state index in [2.05, 4.69) is 4.98 Å². The van der Waals surface area contributed by atoms with Crippen molar-refractivity contribution in [3.63, 3.8) is 0 Å². The van der Waals surface area contributed by atoms with Crippen LogP contribution in [0.2, 0.25) is 0 Å². The predicted molar refractivity (Wildman–Crippen MR) is 63.8 cm³/mol. The number of carbonyl (C=O) groups excluding carboxylic acids is 1. The molecule has 0 spiro atoms. The van der Waals surface area contributed by atoms with Crippen LogP contribution in [0.15, 0.2) is 6.07 Å². The molecule has 0 N–H and O–H groups in total. The maximum Gasteiger partial charge on any atom is 0.310 e. The van der Waals surface area contributed by atoms with Crippen LogP contribution in [0.3, 0.4) is 0 Å². The van der Waals surface area contributed by atoms with Crippen molar-refractivity contribution in [3.05, 3.63) is 28.6 Å². The average Bonchev–Trinajstić information content (AvgIpc) is 2.37. The van der Waals surface area contributed by atoms with E-state index in [4.69, 9.17) is 21.6 Å². The zero-order chi connectivity index (χ0) is 14.4. The summed E-state index contributed by atoms with van der Waals surface area (Å²) in [6.45, 7) is 1.81. The molecule has 0 aromatic carbocycles. The minimum absolute atomic E-state index is 0.0428. The highest BCUT2D eigenvalue weighted by atomic mass is 35.5. The van der Waals surface area contributed by atoms with E-state index in [1.54, 1.807) is 6.92 Å². The molecule has 1 aromatic heterocycles. The SMILES string of the molecule is CCOC(=O)Cc1cc(C(F)F)nc(CCl)c1C#N. The third-order valence-corrected chi connectivity index (χ3v) is 2.55. The van der Waals surface area contributed by atoms with Crippen LogP contribution in [0.25, 0.3) is 0 Å². The normalized spacial score (nSPS) is 10.3. The average molecular weight is 289 g/mol. The van der Waals surface area contributed by atoms with Crippen molar-refractivity contribution >= 4 is 17.6 Å². The Hall–Kier alpha value is -1.74. The Kier molecular flexibility index (Phi) is 5.64. The Balaban J connectivity index is 3.23. The van der Waals surface area contributed by atoms with Crippen LogP contribution in [0, 0.1) is 11.3 Å². The van der Waals surface area contributed by atoms with E-state index >= 15 is 0 Å². The zero-order valence-corrected chi connectivity index (χ0v) is 10.9. The van der Waals surface area contributed by atoms with Gasteiger partial charge in [-0.15, -0.1) is 11.6 Å². The zero-order valence-electron chi connectivity index (χ0n) is 10.1. The van der Waals surface area contributed by atoms with Crippen molar-refractivity contribution in [2.75, 3.05) is 6.61 Å². The lowest BCUT2D eigenvalue weighted by atomic mass is 10.0. The number of pyridine rings is 1. The Bertz CT molecular complexity index is 515. The summed E-state index contributed by atoms with van der Waals surface area (Å²) in [6, 6.07) is 2.87. The minimum atomic E-state index is -2.80. The lowest BCUT2D eigenvalue weighted by Gasteiger charge is -2.10. The molecule has 0 atom stereocenters. The van der Waals surface area contributed by atoms with Gasteiger partial charge in [0, 0.05) is 0 Å². The van der Waals surface area contributed by atoms with Crippen LogP contribution in [-0.4, -0.2) is 17.6 Å². The van der Waals surface area contributed by atoms with E-state index in [0.29, 0.717) is 0 Å². The van der Waals surface area contributed by atoms with Crippen molar-refractivity contribution in [1.82, 2.24) is 4.98 Å². The van der Waals surface area contributed by atoms with Crippen molar-refractivity contribution in [2.24, 2.45) is 0 Å². The fraction of sp³-hybridized carbons (Fsp3) is 0.417. The van der Waals surface area contributed by atoms with Gasteiger partial charge in [-0.25, -0.2) is 13.8 Å². The first-order valence-corrected chi connectivity index (χ1v) is 5.99. The fourth-order valence-electron chi connectivity index (χ4n) is 1.53. The molecule has 0 aliphatic rings. The quantitative estimate of drug-likeness (QED) is 0.617. The summed E-state index contributed by atoms with van der Waals surface area (Å²) in [5.41, 5.74) is -0.260. The standard InChI is InChI=1S/C12H11ClF2N2O2/c1-2-19-11(18)4-7-3-9(12(14)15)17-10(5-13)8(7)6-16/h3,12H,2,4-5H2,1H3. The maximum absolute atomic E-state index is 12.7. The first kappa shape index (κ1) is 15.3. The van der Waals surface area contributed by atoms with Gasteiger partial charge in [-0.05, 0) is 18.6 Å². The highest BCUT2D eigenvalue weighted by molar-refractivity contribution is 6.17. The molecule has 1 aromatic rings. The van der Waals surface area contributed by atoms with Crippen molar-refractivity contribution in [1.29, 1.82) is 5.26 Å². The van der Waals surface area contributed by atoms with Gasteiger partial charge in [-0.3, -0.25) is 4.79 Å². The van der Waals surface area contributed by atoms with Gasteiger partial charge in [0.15, 0.2) is 0 Å². The summed E-state index contributed by atoms with van der Waals surface area (Å²) < 4.78 is 30.1. The van der Waals surface area contributed by atoms with E-state index in [0.717, 1.165) is 6.07 Å². The van der Waals surface area contributed by atoms with Gasteiger partial charge >= 0.3 is 5.97 Å². The predicted octanol–water partition coefficient (Wildman–Crippen LogP) is 2.74. The number of rotatable bonds is 5. The summed E-state index contributed by atoms with van der Waals surface area (Å²) in [7, 11) is 0. The van der Waals surface area contributed by atoms with E-state index < -0.39 is 18.1 Å². The molecule has 0 radical (unpaired) electrons. The van der Waals surface area contributed by atoms with Gasteiger partial charge in [0.2, 0.25) is 0 Å². The second-order valence-corrected chi connectivity index (χ2v) is 3.82. The van der Waals surface area contributed by atoms with Crippen molar-refractivity contribution < 1.29 is 18.3 Å². The largest absolute Gasteiger partial charge is 0.466 e. The second-order valence-electron chi connectivity index (χ2n) is 3.56. The molecule has 0 unspecified atom stereocenters. The van der Waals surface area contributed by atoms with E-state index in [1.165, 1.54) is 0 Å². The topological polar surface area (TPSA) is 63.0 Å². The number of alkyl halides is 3. The Morgan fingerprint density at radius 3 is 2.79 bits per heavy atom. The number of ether oxygens (including phenoxy) is 1. The van der Waals surface area contributed by atoms with Crippen LogP contribution in [0.5, 0.6) is 0 Å². The van der Waals surface area contributed by atoms with Crippen LogP contribution < -0.4 is 0 Å². The van der Waals surface area contributed by atoms with Gasteiger partial charge < -0.3 is 4.74 Å². The number of hydrogen-bond acceptors (Lipinski definition) is 4. The van der Waals surface area contributed by atoms with Gasteiger partial charge in [0.1, 0.15) is 11.8 Å². The molecule has 7 heteroatoms. The lowest BCUT2D eigenvalue weighted by molar-refractivity contribution is -0.142. The van der Waals surface area contributed by atoms with Crippen LogP contribution in [0.4, 0.5) is 8.78 Å². The smallest absolute Gasteiger partial charge is 0.310 e. The third-order valence-electron chi connectivity index (χ3n) is 2.30. The number of hydrogen-bond donors (Lipinski definition) is 0. The van der Waals surface area contributed by atoms with Crippen LogP contribution in [0.1, 0.15) is 35.9 Å². The number of halogens is 3. The molecule has 0 aliphatic heterocycles. The highest BCUT2D eigenvalue weighted by Gasteiger charge is 2.19.